The summed E-state index contributed by atoms with van der Waals surface area (Å²) in [6, 6.07) is 8.91. The molecule has 0 fully saturated rings. The van der Waals surface area contributed by atoms with Crippen LogP contribution >= 0.6 is 0 Å². The standard InChI is InChI=1S/C16H18N2O3/c1-3-21-16(20)10-18-7-6-12(9-15(18)19)13-8-11(2)4-5-14(13)17/h4-9H,3,10,17H2,1-2H3. The Labute approximate surface area is 123 Å². The van der Waals surface area contributed by atoms with Gasteiger partial charge in [0.05, 0.1) is 6.61 Å². The number of nitrogens with two attached hydrogens (primary N) is 1. The van der Waals surface area contributed by atoms with Crippen LogP contribution in [-0.4, -0.2) is 17.1 Å². The summed E-state index contributed by atoms with van der Waals surface area (Å²) in [6.07, 6.45) is 1.58. The number of nitrogens with zero attached hydrogens (tertiary/aromatic N) is 1. The van der Waals surface area contributed by atoms with Crippen LogP contribution in [0.3, 0.4) is 0 Å². The fourth-order valence-corrected chi connectivity index (χ4v) is 2.07. The summed E-state index contributed by atoms with van der Waals surface area (Å²) in [5.74, 6) is -0.428. The first-order valence-electron chi connectivity index (χ1n) is 6.74. The molecule has 1 aromatic carbocycles. The van der Waals surface area contributed by atoms with Gasteiger partial charge in [0.25, 0.3) is 5.56 Å². The smallest absolute Gasteiger partial charge is 0.326 e. The number of aryl methyl sites for hydroxylation is 1. The predicted octanol–water partition coefficient (Wildman–Crippen LogP) is 1.97. The third kappa shape index (κ3) is 3.51. The molecule has 5 nitrogen and oxygen atoms in total. The van der Waals surface area contributed by atoms with E-state index in [1.54, 1.807) is 19.2 Å². The third-order valence-electron chi connectivity index (χ3n) is 3.12. The number of nitrogen functional groups attached to an aromatic ring is 1. The highest BCUT2D eigenvalue weighted by molar-refractivity contribution is 5.76. The topological polar surface area (TPSA) is 74.3 Å². The van der Waals surface area contributed by atoms with E-state index >= 15 is 0 Å². The highest BCUT2D eigenvalue weighted by atomic mass is 16.5. The van der Waals surface area contributed by atoms with E-state index in [-0.39, 0.29) is 12.1 Å². The van der Waals surface area contributed by atoms with E-state index in [2.05, 4.69) is 0 Å². The van der Waals surface area contributed by atoms with Gasteiger partial charge in [-0.15, -0.1) is 0 Å². The molecular weight excluding hydrogens is 268 g/mol. The van der Waals surface area contributed by atoms with Crippen LogP contribution in [0, 0.1) is 6.92 Å². The Morgan fingerprint density at radius 2 is 2.05 bits per heavy atom. The van der Waals surface area contributed by atoms with Crippen LogP contribution < -0.4 is 11.3 Å². The summed E-state index contributed by atoms with van der Waals surface area (Å²) in [4.78, 5) is 23.5. The molecule has 2 rings (SSSR count). The molecule has 21 heavy (non-hydrogen) atoms. The minimum absolute atomic E-state index is 0.0871. The van der Waals surface area contributed by atoms with Crippen LogP contribution in [0.5, 0.6) is 0 Å². The molecule has 0 atom stereocenters. The monoisotopic (exact) mass is 286 g/mol. The van der Waals surface area contributed by atoms with Crippen LogP contribution in [0.4, 0.5) is 5.69 Å². The molecule has 110 valence electrons. The van der Waals surface area contributed by atoms with Gasteiger partial charge >= 0.3 is 5.97 Å². The Morgan fingerprint density at radius 3 is 2.71 bits per heavy atom. The summed E-state index contributed by atoms with van der Waals surface area (Å²) in [7, 11) is 0. The van der Waals surface area contributed by atoms with Crippen molar-refractivity contribution in [1.29, 1.82) is 0 Å². The van der Waals surface area contributed by atoms with Gasteiger partial charge in [0, 0.05) is 23.5 Å². The molecule has 0 bridgehead atoms. The molecule has 0 aliphatic rings. The van der Waals surface area contributed by atoms with E-state index in [1.807, 2.05) is 25.1 Å². The SMILES string of the molecule is CCOC(=O)Cn1ccc(-c2cc(C)ccc2N)cc1=O. The molecule has 2 N–H and O–H groups in total. The molecule has 1 aromatic heterocycles. The van der Waals surface area contributed by atoms with Crippen molar-refractivity contribution in [1.82, 2.24) is 4.57 Å². The van der Waals surface area contributed by atoms with Crippen LogP contribution in [0.25, 0.3) is 11.1 Å². The zero-order valence-electron chi connectivity index (χ0n) is 12.1. The number of rotatable bonds is 4. The normalized spacial score (nSPS) is 10.4. The number of hydrogen-bond donors (Lipinski definition) is 1. The molecule has 0 aliphatic heterocycles. The van der Waals surface area contributed by atoms with Crippen LogP contribution in [0.15, 0.2) is 41.3 Å². The van der Waals surface area contributed by atoms with Crippen LogP contribution in [-0.2, 0) is 16.1 Å². The number of anilines is 1. The van der Waals surface area contributed by atoms with Gasteiger partial charge < -0.3 is 15.0 Å². The van der Waals surface area contributed by atoms with E-state index in [9.17, 15) is 9.59 Å². The molecule has 2 aromatic rings. The molecule has 1 heterocycles. The van der Waals surface area contributed by atoms with Crippen molar-refractivity contribution in [3.8, 4) is 11.1 Å². The maximum Gasteiger partial charge on any atom is 0.326 e. The van der Waals surface area contributed by atoms with Gasteiger partial charge in [-0.3, -0.25) is 9.59 Å². The van der Waals surface area contributed by atoms with E-state index in [4.69, 9.17) is 10.5 Å². The maximum absolute atomic E-state index is 12.1. The summed E-state index contributed by atoms with van der Waals surface area (Å²) in [6.45, 7) is 3.90. The molecule has 5 heteroatoms. The zero-order valence-corrected chi connectivity index (χ0v) is 12.1. The van der Waals surface area contributed by atoms with Crippen molar-refractivity contribution in [2.24, 2.45) is 0 Å². The van der Waals surface area contributed by atoms with E-state index < -0.39 is 5.97 Å². The molecule has 0 aliphatic carbocycles. The van der Waals surface area contributed by atoms with Crippen molar-refractivity contribution in [2.45, 2.75) is 20.4 Å². The Bertz CT molecular complexity index is 720. The summed E-state index contributed by atoms with van der Waals surface area (Å²) in [5.41, 5.74) is 8.92. The number of aromatic nitrogens is 1. The average Bonchev–Trinajstić information content (AvgIpc) is 2.44. The van der Waals surface area contributed by atoms with Crippen molar-refractivity contribution >= 4 is 11.7 Å². The zero-order chi connectivity index (χ0) is 15.4. The second-order valence-corrected chi connectivity index (χ2v) is 4.78. The van der Waals surface area contributed by atoms with Crippen LogP contribution in [0.1, 0.15) is 12.5 Å². The van der Waals surface area contributed by atoms with Gasteiger partial charge in [-0.25, -0.2) is 0 Å². The van der Waals surface area contributed by atoms with E-state index in [1.165, 1.54) is 10.6 Å². The Balaban J connectivity index is 2.33. The third-order valence-corrected chi connectivity index (χ3v) is 3.12. The highest BCUT2D eigenvalue weighted by Crippen LogP contribution is 2.25. The lowest BCUT2D eigenvalue weighted by Gasteiger charge is -2.09. The lowest BCUT2D eigenvalue weighted by molar-refractivity contribution is -0.143. The van der Waals surface area contributed by atoms with Crippen molar-refractivity contribution < 1.29 is 9.53 Å². The lowest BCUT2D eigenvalue weighted by Crippen LogP contribution is -2.24. The lowest BCUT2D eigenvalue weighted by atomic mass is 10.0. The minimum Gasteiger partial charge on any atom is -0.465 e. The second-order valence-electron chi connectivity index (χ2n) is 4.78. The average molecular weight is 286 g/mol. The van der Waals surface area contributed by atoms with Crippen molar-refractivity contribution in [2.75, 3.05) is 12.3 Å². The molecule has 0 saturated carbocycles. The minimum atomic E-state index is -0.428. The molecule has 0 saturated heterocycles. The highest BCUT2D eigenvalue weighted by Gasteiger charge is 2.08. The quantitative estimate of drug-likeness (QED) is 0.689. The summed E-state index contributed by atoms with van der Waals surface area (Å²) >= 11 is 0. The van der Waals surface area contributed by atoms with Gasteiger partial charge in [-0.1, -0.05) is 11.6 Å². The fraction of sp³-hybridized carbons (Fsp3) is 0.250. The largest absolute Gasteiger partial charge is 0.465 e. The molecule has 0 spiro atoms. The van der Waals surface area contributed by atoms with Gasteiger partial charge in [0.2, 0.25) is 0 Å². The Kier molecular flexibility index (Phi) is 4.42. The summed E-state index contributed by atoms with van der Waals surface area (Å²) in [5, 5.41) is 0. The van der Waals surface area contributed by atoms with Crippen LogP contribution in [0.2, 0.25) is 0 Å². The first-order chi connectivity index (χ1) is 10.0. The Hall–Kier alpha value is -2.56. The molecule has 0 amide bonds. The number of esters is 1. The fourth-order valence-electron chi connectivity index (χ4n) is 2.07. The number of carbonyl (C=O) groups excluding carboxylic acids is 1. The van der Waals surface area contributed by atoms with Gasteiger partial charge in [-0.05, 0) is 37.6 Å². The molecular formula is C16H18N2O3. The van der Waals surface area contributed by atoms with Crippen molar-refractivity contribution in [3.05, 3.63) is 52.4 Å². The number of ether oxygens (including phenoxy) is 1. The molecule has 0 radical (unpaired) electrons. The number of pyridine rings is 1. The summed E-state index contributed by atoms with van der Waals surface area (Å²) < 4.78 is 6.14. The number of benzene rings is 1. The van der Waals surface area contributed by atoms with Gasteiger partial charge in [0.1, 0.15) is 6.54 Å². The number of hydrogen-bond acceptors (Lipinski definition) is 4. The van der Waals surface area contributed by atoms with Crippen molar-refractivity contribution in [3.63, 3.8) is 0 Å². The predicted molar refractivity (Wildman–Crippen MR) is 81.9 cm³/mol. The molecule has 0 unspecified atom stereocenters. The first-order valence-corrected chi connectivity index (χ1v) is 6.74. The Morgan fingerprint density at radius 1 is 1.29 bits per heavy atom. The van der Waals surface area contributed by atoms with E-state index in [0.717, 1.165) is 16.7 Å². The number of carbonyl (C=O) groups is 1. The van der Waals surface area contributed by atoms with E-state index in [0.29, 0.717) is 12.3 Å². The first kappa shape index (κ1) is 14.8. The van der Waals surface area contributed by atoms with Gasteiger partial charge in [0.15, 0.2) is 0 Å². The maximum atomic E-state index is 12.1. The van der Waals surface area contributed by atoms with Gasteiger partial charge in [-0.2, -0.15) is 0 Å². The second kappa shape index (κ2) is 6.26.